The van der Waals surface area contributed by atoms with Crippen LogP contribution in [0.15, 0.2) is 30.3 Å². The number of carbonyl (C=O) groups excluding carboxylic acids is 1. The smallest absolute Gasteiger partial charge is 0.234 e. The van der Waals surface area contributed by atoms with Gasteiger partial charge in [-0.05, 0) is 19.1 Å². The van der Waals surface area contributed by atoms with Gasteiger partial charge in [0, 0.05) is 13.1 Å². The minimum atomic E-state index is 0.00588. The molecule has 1 aromatic carbocycles. The first-order valence-corrected chi connectivity index (χ1v) is 7.78. The van der Waals surface area contributed by atoms with E-state index in [-0.39, 0.29) is 5.91 Å². The number of hydrogen-bond acceptors (Lipinski definition) is 5. The molecule has 2 heterocycles. The Bertz CT molecular complexity index is 656. The zero-order valence-corrected chi connectivity index (χ0v) is 13.2. The molecule has 1 aliphatic heterocycles. The van der Waals surface area contributed by atoms with Crippen molar-refractivity contribution in [2.45, 2.75) is 20.0 Å². The standard InChI is InChI=1S/C16H21N5O2/c1-13-18-19-15-11-20(8-9-21(13)15)12-16(22)17-7-10-23-14-5-3-2-4-6-14/h2-6H,7-12H2,1H3,(H,17,22). The molecule has 1 amide bonds. The molecule has 0 bridgehead atoms. The number of aromatic nitrogens is 3. The zero-order chi connectivity index (χ0) is 16.1. The third kappa shape index (κ3) is 4.07. The number of benzene rings is 1. The average Bonchev–Trinajstić information content (AvgIpc) is 2.93. The van der Waals surface area contributed by atoms with Gasteiger partial charge >= 0.3 is 0 Å². The molecule has 0 saturated carbocycles. The number of amides is 1. The van der Waals surface area contributed by atoms with Crippen molar-refractivity contribution in [2.75, 3.05) is 26.2 Å². The van der Waals surface area contributed by atoms with E-state index in [0.29, 0.717) is 26.2 Å². The third-order valence-corrected chi connectivity index (χ3v) is 3.82. The lowest BCUT2D eigenvalue weighted by Gasteiger charge is -2.26. The highest BCUT2D eigenvalue weighted by atomic mass is 16.5. The van der Waals surface area contributed by atoms with Crippen LogP contribution in [0.5, 0.6) is 5.75 Å². The highest BCUT2D eigenvalue weighted by Gasteiger charge is 2.20. The van der Waals surface area contributed by atoms with E-state index in [0.717, 1.165) is 30.5 Å². The van der Waals surface area contributed by atoms with Crippen LogP contribution in [-0.4, -0.2) is 51.8 Å². The molecule has 122 valence electrons. The van der Waals surface area contributed by atoms with E-state index in [1.165, 1.54) is 0 Å². The number of rotatable bonds is 6. The van der Waals surface area contributed by atoms with Gasteiger partial charge in [0.2, 0.25) is 5.91 Å². The summed E-state index contributed by atoms with van der Waals surface area (Å²) < 4.78 is 7.65. The summed E-state index contributed by atoms with van der Waals surface area (Å²) in [6.07, 6.45) is 0. The van der Waals surface area contributed by atoms with Crippen LogP contribution in [0.4, 0.5) is 0 Å². The second-order valence-corrected chi connectivity index (χ2v) is 5.54. The Morgan fingerprint density at radius 1 is 1.26 bits per heavy atom. The van der Waals surface area contributed by atoms with Gasteiger partial charge in [0.05, 0.1) is 19.6 Å². The molecule has 1 aliphatic rings. The molecule has 0 spiro atoms. The van der Waals surface area contributed by atoms with Gasteiger partial charge in [-0.2, -0.15) is 0 Å². The number of hydrogen-bond donors (Lipinski definition) is 1. The Balaban J connectivity index is 1.37. The molecular weight excluding hydrogens is 294 g/mol. The molecule has 0 saturated heterocycles. The Kier molecular flexibility index (Phi) is 4.87. The van der Waals surface area contributed by atoms with Gasteiger partial charge in [-0.3, -0.25) is 9.69 Å². The molecule has 1 aromatic heterocycles. The Morgan fingerprint density at radius 3 is 2.91 bits per heavy atom. The molecule has 0 radical (unpaired) electrons. The molecule has 23 heavy (non-hydrogen) atoms. The van der Waals surface area contributed by atoms with E-state index in [4.69, 9.17) is 4.74 Å². The molecule has 2 aromatic rings. The highest BCUT2D eigenvalue weighted by molar-refractivity contribution is 5.78. The van der Waals surface area contributed by atoms with E-state index in [1.54, 1.807) is 0 Å². The molecule has 0 atom stereocenters. The minimum Gasteiger partial charge on any atom is -0.492 e. The van der Waals surface area contributed by atoms with Crippen LogP contribution in [0.25, 0.3) is 0 Å². The third-order valence-electron chi connectivity index (χ3n) is 3.82. The number of ether oxygens (including phenoxy) is 1. The van der Waals surface area contributed by atoms with Crippen molar-refractivity contribution in [3.63, 3.8) is 0 Å². The largest absolute Gasteiger partial charge is 0.492 e. The lowest BCUT2D eigenvalue weighted by molar-refractivity contribution is -0.122. The average molecular weight is 315 g/mol. The molecular formula is C16H21N5O2. The van der Waals surface area contributed by atoms with E-state index in [1.807, 2.05) is 37.3 Å². The zero-order valence-electron chi connectivity index (χ0n) is 13.2. The maximum absolute atomic E-state index is 12.0. The summed E-state index contributed by atoms with van der Waals surface area (Å²) in [6, 6.07) is 9.58. The van der Waals surface area contributed by atoms with Gasteiger partial charge in [0.1, 0.15) is 24.0 Å². The molecule has 3 rings (SSSR count). The van der Waals surface area contributed by atoms with Crippen molar-refractivity contribution in [1.82, 2.24) is 25.0 Å². The molecule has 0 unspecified atom stereocenters. The van der Waals surface area contributed by atoms with E-state index in [2.05, 4.69) is 25.0 Å². The highest BCUT2D eigenvalue weighted by Crippen LogP contribution is 2.11. The monoisotopic (exact) mass is 315 g/mol. The van der Waals surface area contributed by atoms with E-state index < -0.39 is 0 Å². The number of para-hydroxylation sites is 1. The lowest BCUT2D eigenvalue weighted by Crippen LogP contribution is -2.42. The fourth-order valence-electron chi connectivity index (χ4n) is 2.62. The van der Waals surface area contributed by atoms with Crippen LogP contribution in [0, 0.1) is 6.92 Å². The van der Waals surface area contributed by atoms with Crippen molar-refractivity contribution < 1.29 is 9.53 Å². The summed E-state index contributed by atoms with van der Waals surface area (Å²) in [6.45, 7) is 5.61. The van der Waals surface area contributed by atoms with E-state index >= 15 is 0 Å². The summed E-state index contributed by atoms with van der Waals surface area (Å²) in [5, 5.41) is 11.1. The maximum Gasteiger partial charge on any atom is 0.234 e. The van der Waals surface area contributed by atoms with Gasteiger partial charge < -0.3 is 14.6 Å². The molecule has 7 nitrogen and oxygen atoms in total. The predicted octanol–water partition coefficient (Wildman–Crippen LogP) is 0.597. The topological polar surface area (TPSA) is 72.3 Å². The van der Waals surface area contributed by atoms with Crippen molar-refractivity contribution in [3.05, 3.63) is 42.0 Å². The number of carbonyl (C=O) groups is 1. The second-order valence-electron chi connectivity index (χ2n) is 5.54. The van der Waals surface area contributed by atoms with Crippen molar-refractivity contribution in [3.8, 4) is 5.75 Å². The lowest BCUT2D eigenvalue weighted by atomic mass is 10.3. The van der Waals surface area contributed by atoms with Crippen LogP contribution in [-0.2, 0) is 17.9 Å². The first-order valence-electron chi connectivity index (χ1n) is 7.78. The maximum atomic E-state index is 12.0. The molecule has 0 aliphatic carbocycles. The van der Waals surface area contributed by atoms with Gasteiger partial charge in [-0.15, -0.1) is 10.2 Å². The first-order chi connectivity index (χ1) is 11.2. The van der Waals surface area contributed by atoms with Crippen molar-refractivity contribution >= 4 is 5.91 Å². The van der Waals surface area contributed by atoms with Crippen LogP contribution in [0.3, 0.4) is 0 Å². The van der Waals surface area contributed by atoms with Gasteiger partial charge in [0.25, 0.3) is 0 Å². The Hall–Kier alpha value is -2.41. The summed E-state index contributed by atoms with van der Waals surface area (Å²) in [5.74, 6) is 2.68. The predicted molar refractivity (Wildman–Crippen MR) is 85.0 cm³/mol. The Labute approximate surface area is 135 Å². The van der Waals surface area contributed by atoms with Crippen molar-refractivity contribution in [2.24, 2.45) is 0 Å². The van der Waals surface area contributed by atoms with Gasteiger partial charge in [0.15, 0.2) is 0 Å². The quantitative estimate of drug-likeness (QED) is 0.790. The first kappa shape index (κ1) is 15.5. The SMILES string of the molecule is Cc1nnc2n1CCN(CC(=O)NCCOc1ccccc1)C2. The molecule has 7 heteroatoms. The van der Waals surface area contributed by atoms with E-state index in [9.17, 15) is 4.79 Å². The van der Waals surface area contributed by atoms with Crippen LogP contribution >= 0.6 is 0 Å². The van der Waals surface area contributed by atoms with Gasteiger partial charge in [-0.1, -0.05) is 18.2 Å². The number of nitrogens with one attached hydrogen (secondary N) is 1. The van der Waals surface area contributed by atoms with Crippen LogP contribution in [0.2, 0.25) is 0 Å². The summed E-state index contributed by atoms with van der Waals surface area (Å²) >= 11 is 0. The summed E-state index contributed by atoms with van der Waals surface area (Å²) in [7, 11) is 0. The summed E-state index contributed by atoms with van der Waals surface area (Å²) in [4.78, 5) is 14.1. The minimum absolute atomic E-state index is 0.00588. The fraction of sp³-hybridized carbons (Fsp3) is 0.438. The second kappa shape index (κ2) is 7.23. The van der Waals surface area contributed by atoms with Crippen molar-refractivity contribution in [1.29, 1.82) is 0 Å². The fourth-order valence-corrected chi connectivity index (χ4v) is 2.62. The van der Waals surface area contributed by atoms with Gasteiger partial charge in [-0.25, -0.2) is 0 Å². The normalized spacial score (nSPS) is 14.3. The Morgan fingerprint density at radius 2 is 2.09 bits per heavy atom. The molecule has 1 N–H and O–H groups in total. The summed E-state index contributed by atoms with van der Waals surface area (Å²) in [5.41, 5.74) is 0. The number of aryl methyl sites for hydroxylation is 1. The number of nitrogens with zero attached hydrogens (tertiary/aromatic N) is 4. The van der Waals surface area contributed by atoms with Crippen LogP contribution < -0.4 is 10.1 Å². The molecule has 0 fully saturated rings. The van der Waals surface area contributed by atoms with Crippen LogP contribution in [0.1, 0.15) is 11.6 Å². The number of fused-ring (bicyclic) bond motifs is 1.